The fourth-order valence-corrected chi connectivity index (χ4v) is 0.986. The summed E-state index contributed by atoms with van der Waals surface area (Å²) in [6, 6.07) is 0. The fourth-order valence-electron chi connectivity index (χ4n) is 0.986. The summed E-state index contributed by atoms with van der Waals surface area (Å²) in [7, 11) is 0. The molecule has 0 bridgehead atoms. The van der Waals surface area contributed by atoms with Gasteiger partial charge in [0.2, 0.25) is 0 Å². The maximum atomic E-state index is 11.2. The summed E-state index contributed by atoms with van der Waals surface area (Å²) >= 11 is 0. The molecule has 2 nitrogen and oxygen atoms in total. The Morgan fingerprint density at radius 1 is 1.23 bits per heavy atom. The normalized spacial score (nSPS) is 10.8. The molecule has 0 heterocycles. The number of ether oxygens (including phenoxy) is 1. The first-order valence-electron chi connectivity index (χ1n) is 5.29. The Morgan fingerprint density at radius 3 is 2.38 bits per heavy atom. The average Bonchev–Trinajstić information content (AvgIpc) is 2.10. The van der Waals surface area contributed by atoms with Gasteiger partial charge in [-0.1, -0.05) is 27.2 Å². The van der Waals surface area contributed by atoms with E-state index in [0.29, 0.717) is 12.2 Å². The lowest BCUT2D eigenvalue weighted by Crippen LogP contribution is -2.08. The van der Waals surface area contributed by atoms with E-state index < -0.39 is 0 Å². The smallest absolute Gasteiger partial charge is 0.135 e. The molecule has 0 aromatic carbocycles. The van der Waals surface area contributed by atoms with Crippen molar-refractivity contribution in [3.05, 3.63) is 0 Å². The molecular weight excluding hydrogens is 164 g/mol. The van der Waals surface area contributed by atoms with E-state index in [2.05, 4.69) is 6.92 Å². The van der Waals surface area contributed by atoms with Gasteiger partial charge in [0.1, 0.15) is 5.78 Å². The Morgan fingerprint density at radius 2 is 1.85 bits per heavy atom. The zero-order valence-electron chi connectivity index (χ0n) is 9.14. The Bertz CT molecular complexity index is 130. The van der Waals surface area contributed by atoms with E-state index in [4.69, 9.17) is 4.74 Å². The summed E-state index contributed by atoms with van der Waals surface area (Å²) in [5, 5.41) is 0. The van der Waals surface area contributed by atoms with Gasteiger partial charge in [0.15, 0.2) is 0 Å². The first-order chi connectivity index (χ1) is 6.18. The minimum atomic E-state index is 0.177. The molecule has 0 amide bonds. The Labute approximate surface area is 81.7 Å². The van der Waals surface area contributed by atoms with Gasteiger partial charge in [-0.25, -0.2) is 0 Å². The van der Waals surface area contributed by atoms with Crippen molar-refractivity contribution >= 4 is 5.78 Å². The average molecular weight is 186 g/mol. The molecule has 0 radical (unpaired) electrons. The summed E-state index contributed by atoms with van der Waals surface area (Å²) in [5.41, 5.74) is 0. The van der Waals surface area contributed by atoms with Crippen LogP contribution in [-0.2, 0) is 9.53 Å². The highest BCUT2D eigenvalue weighted by atomic mass is 16.5. The second kappa shape index (κ2) is 8.24. The minimum Gasteiger partial charge on any atom is -0.381 e. The van der Waals surface area contributed by atoms with E-state index in [1.807, 2.05) is 13.8 Å². The molecule has 0 spiro atoms. The Hall–Kier alpha value is -0.370. The highest BCUT2D eigenvalue weighted by Crippen LogP contribution is 2.02. The van der Waals surface area contributed by atoms with Crippen LogP contribution in [0.5, 0.6) is 0 Å². The van der Waals surface area contributed by atoms with Crippen molar-refractivity contribution in [2.45, 2.75) is 46.5 Å². The zero-order valence-corrected chi connectivity index (χ0v) is 9.14. The van der Waals surface area contributed by atoms with Crippen LogP contribution >= 0.6 is 0 Å². The predicted octanol–water partition coefficient (Wildman–Crippen LogP) is 2.81. The largest absolute Gasteiger partial charge is 0.381 e. The molecule has 0 fully saturated rings. The van der Waals surface area contributed by atoms with Crippen molar-refractivity contribution in [1.82, 2.24) is 0 Å². The fraction of sp³-hybridized carbons (Fsp3) is 0.909. The van der Waals surface area contributed by atoms with E-state index in [0.717, 1.165) is 26.1 Å². The summed E-state index contributed by atoms with van der Waals surface area (Å²) in [6.45, 7) is 7.61. The first kappa shape index (κ1) is 12.6. The van der Waals surface area contributed by atoms with Gasteiger partial charge in [0.25, 0.3) is 0 Å². The maximum absolute atomic E-state index is 11.2. The highest BCUT2D eigenvalue weighted by molar-refractivity contribution is 5.80. The molecule has 0 saturated carbocycles. The van der Waals surface area contributed by atoms with Crippen LogP contribution in [0, 0.1) is 5.92 Å². The molecule has 2 heteroatoms. The topological polar surface area (TPSA) is 26.3 Å². The van der Waals surface area contributed by atoms with Crippen molar-refractivity contribution < 1.29 is 9.53 Å². The number of carbonyl (C=O) groups is 1. The van der Waals surface area contributed by atoms with Crippen LogP contribution in [0.25, 0.3) is 0 Å². The molecule has 13 heavy (non-hydrogen) atoms. The summed E-state index contributed by atoms with van der Waals surface area (Å²) < 4.78 is 5.35. The van der Waals surface area contributed by atoms with Gasteiger partial charge in [-0.05, 0) is 12.8 Å². The predicted molar refractivity (Wildman–Crippen MR) is 54.8 cm³/mol. The zero-order chi connectivity index (χ0) is 10.1. The van der Waals surface area contributed by atoms with E-state index in [1.54, 1.807) is 0 Å². The molecule has 0 aromatic rings. The molecule has 78 valence electrons. The Balaban J connectivity index is 3.12. The molecule has 0 aliphatic rings. The third-order valence-electron chi connectivity index (χ3n) is 2.00. The highest BCUT2D eigenvalue weighted by Gasteiger charge is 2.05. The number of unbranched alkanes of at least 4 members (excludes halogenated alkanes) is 1. The van der Waals surface area contributed by atoms with Crippen LogP contribution in [0.1, 0.15) is 46.5 Å². The van der Waals surface area contributed by atoms with E-state index in [-0.39, 0.29) is 5.92 Å². The quantitative estimate of drug-likeness (QED) is 0.545. The molecule has 0 aliphatic carbocycles. The monoisotopic (exact) mass is 186 g/mol. The van der Waals surface area contributed by atoms with Crippen molar-refractivity contribution in [1.29, 1.82) is 0 Å². The third-order valence-corrected chi connectivity index (χ3v) is 2.00. The minimum absolute atomic E-state index is 0.177. The second-order valence-electron chi connectivity index (χ2n) is 3.69. The third kappa shape index (κ3) is 7.97. The summed E-state index contributed by atoms with van der Waals surface area (Å²) in [4.78, 5) is 11.2. The van der Waals surface area contributed by atoms with Crippen LogP contribution in [0.4, 0.5) is 0 Å². The van der Waals surface area contributed by atoms with Crippen LogP contribution in [0.15, 0.2) is 0 Å². The summed E-state index contributed by atoms with van der Waals surface area (Å²) in [5.74, 6) is 0.523. The van der Waals surface area contributed by atoms with Gasteiger partial charge >= 0.3 is 0 Å². The van der Waals surface area contributed by atoms with Crippen LogP contribution in [-0.4, -0.2) is 19.0 Å². The number of carbonyl (C=O) groups excluding carboxylic acids is 1. The lowest BCUT2D eigenvalue weighted by Gasteiger charge is -2.04. The van der Waals surface area contributed by atoms with Gasteiger partial charge < -0.3 is 4.74 Å². The molecular formula is C11H22O2. The number of ketones is 1. The lowest BCUT2D eigenvalue weighted by molar-refractivity contribution is -0.122. The molecule has 0 atom stereocenters. The van der Waals surface area contributed by atoms with Crippen molar-refractivity contribution in [3.63, 3.8) is 0 Å². The molecule has 0 saturated heterocycles. The van der Waals surface area contributed by atoms with Gasteiger partial charge in [-0.3, -0.25) is 4.79 Å². The molecule has 0 N–H and O–H groups in total. The van der Waals surface area contributed by atoms with E-state index >= 15 is 0 Å². The van der Waals surface area contributed by atoms with Crippen LogP contribution in [0.3, 0.4) is 0 Å². The molecule has 0 aromatic heterocycles. The van der Waals surface area contributed by atoms with Gasteiger partial charge in [-0.2, -0.15) is 0 Å². The lowest BCUT2D eigenvalue weighted by atomic mass is 10.1. The molecule has 0 rings (SSSR count). The molecule has 0 aliphatic heterocycles. The Kier molecular flexibility index (Phi) is 8.00. The van der Waals surface area contributed by atoms with Crippen molar-refractivity contribution in [3.8, 4) is 0 Å². The van der Waals surface area contributed by atoms with Gasteiger partial charge in [0.05, 0.1) is 0 Å². The van der Waals surface area contributed by atoms with Crippen LogP contribution < -0.4 is 0 Å². The standard InChI is InChI=1S/C11H22O2/c1-4-5-8-13-9-6-7-11(12)10(2)3/h10H,4-9H2,1-3H3. The first-order valence-corrected chi connectivity index (χ1v) is 5.29. The number of Topliss-reactive ketones (excluding diaryl/α,β-unsaturated/α-hetero) is 1. The van der Waals surface area contributed by atoms with E-state index in [9.17, 15) is 4.79 Å². The summed E-state index contributed by atoms with van der Waals surface area (Å²) in [6.07, 6.45) is 3.84. The van der Waals surface area contributed by atoms with Crippen LogP contribution in [0.2, 0.25) is 0 Å². The van der Waals surface area contributed by atoms with Gasteiger partial charge in [-0.15, -0.1) is 0 Å². The van der Waals surface area contributed by atoms with E-state index in [1.165, 1.54) is 6.42 Å². The maximum Gasteiger partial charge on any atom is 0.135 e. The molecule has 0 unspecified atom stereocenters. The van der Waals surface area contributed by atoms with Crippen molar-refractivity contribution in [2.24, 2.45) is 5.92 Å². The number of rotatable bonds is 8. The van der Waals surface area contributed by atoms with Gasteiger partial charge in [0, 0.05) is 25.6 Å². The number of hydrogen-bond acceptors (Lipinski definition) is 2. The van der Waals surface area contributed by atoms with Crippen molar-refractivity contribution in [2.75, 3.05) is 13.2 Å². The second-order valence-corrected chi connectivity index (χ2v) is 3.69. The number of hydrogen-bond donors (Lipinski definition) is 0. The SMILES string of the molecule is CCCCOCCCC(=O)C(C)C.